The Bertz CT molecular complexity index is 934. The van der Waals surface area contributed by atoms with Gasteiger partial charge in [-0.3, -0.25) is 14.3 Å². The van der Waals surface area contributed by atoms with E-state index in [1.165, 1.54) is 0 Å². The Morgan fingerprint density at radius 2 is 2.28 bits per heavy atom. The maximum Gasteiger partial charge on any atom is 0.264 e. The number of anilines is 1. The molecule has 134 valence electrons. The summed E-state index contributed by atoms with van der Waals surface area (Å²) in [5, 5.41) is 18.8. The lowest BCUT2D eigenvalue weighted by Crippen LogP contribution is -2.42. The van der Waals surface area contributed by atoms with Gasteiger partial charge in [0.25, 0.3) is 5.56 Å². The van der Waals surface area contributed by atoms with E-state index in [0.717, 1.165) is 10.8 Å². The molecule has 2 aromatic rings. The summed E-state index contributed by atoms with van der Waals surface area (Å²) in [6, 6.07) is 0. The molecular formula is C14H13F3N4O4. The van der Waals surface area contributed by atoms with E-state index in [9.17, 15) is 23.8 Å². The number of alkyl halides is 2. The molecule has 1 aliphatic rings. The van der Waals surface area contributed by atoms with Crippen LogP contribution in [0.4, 0.5) is 19.1 Å². The van der Waals surface area contributed by atoms with Gasteiger partial charge < -0.3 is 20.7 Å². The molecular weight excluding hydrogens is 345 g/mol. The lowest BCUT2D eigenvalue weighted by atomic mass is 9.96. The van der Waals surface area contributed by atoms with E-state index in [1.807, 2.05) is 11.8 Å². The lowest BCUT2D eigenvalue weighted by Gasteiger charge is -2.24. The number of nitrogen functional groups attached to an aromatic ring is 1. The zero-order chi connectivity index (χ0) is 18.4. The van der Waals surface area contributed by atoms with Gasteiger partial charge >= 0.3 is 0 Å². The first-order valence-electron chi connectivity index (χ1n) is 7.08. The molecule has 1 saturated heterocycles. The summed E-state index contributed by atoms with van der Waals surface area (Å²) in [6.45, 7) is -1.96. The van der Waals surface area contributed by atoms with Crippen molar-refractivity contribution in [1.29, 1.82) is 0 Å². The Labute approximate surface area is 138 Å². The molecule has 25 heavy (non-hydrogen) atoms. The number of hydrogen-bond donors (Lipinski definition) is 4. The highest BCUT2D eigenvalue weighted by Gasteiger charge is 2.58. The van der Waals surface area contributed by atoms with Crippen LogP contribution < -0.4 is 11.3 Å². The van der Waals surface area contributed by atoms with E-state index in [0.29, 0.717) is 0 Å². The molecule has 0 bridgehead atoms. The van der Waals surface area contributed by atoms with Gasteiger partial charge in [0, 0.05) is 6.20 Å². The van der Waals surface area contributed by atoms with E-state index in [-0.39, 0.29) is 11.6 Å². The van der Waals surface area contributed by atoms with Crippen LogP contribution in [0.5, 0.6) is 0 Å². The van der Waals surface area contributed by atoms with Crippen molar-refractivity contribution < 1.29 is 28.1 Å². The monoisotopic (exact) mass is 358 g/mol. The predicted octanol–water partition coefficient (Wildman–Crippen LogP) is -0.622. The number of aromatic amines is 1. The molecule has 1 fully saturated rings. The average molecular weight is 358 g/mol. The fourth-order valence-electron chi connectivity index (χ4n) is 2.78. The number of fused-ring (bicyclic) bond motifs is 1. The number of aromatic nitrogens is 3. The third-order valence-corrected chi connectivity index (χ3v) is 3.88. The largest absolute Gasteiger partial charge is 0.394 e. The molecule has 3 heterocycles. The molecule has 1 aliphatic heterocycles. The Hall–Kier alpha value is -2.55. The summed E-state index contributed by atoms with van der Waals surface area (Å²) in [6.07, 6.45) is -4.40. The summed E-state index contributed by atoms with van der Waals surface area (Å²) in [5.41, 5.74) is 1.31. The van der Waals surface area contributed by atoms with Gasteiger partial charge in [-0.15, -0.1) is 0 Å². The molecule has 0 spiro atoms. The molecule has 0 saturated carbocycles. The normalized spacial score (nSPS) is 28.9. The van der Waals surface area contributed by atoms with Gasteiger partial charge in [-0.2, -0.15) is 4.98 Å². The molecule has 4 atom stereocenters. The van der Waals surface area contributed by atoms with Crippen molar-refractivity contribution >= 4 is 17.0 Å². The van der Waals surface area contributed by atoms with Crippen molar-refractivity contribution in [3.8, 4) is 11.8 Å². The number of hydrogen-bond acceptors (Lipinski definition) is 6. The van der Waals surface area contributed by atoms with E-state index in [4.69, 9.17) is 10.5 Å². The minimum Gasteiger partial charge on any atom is -0.394 e. The van der Waals surface area contributed by atoms with Crippen LogP contribution in [0.2, 0.25) is 0 Å². The zero-order valence-corrected chi connectivity index (χ0v) is 12.5. The second-order valence-corrected chi connectivity index (χ2v) is 5.39. The highest BCUT2D eigenvalue weighted by Crippen LogP contribution is 2.42. The van der Waals surface area contributed by atoms with Crippen molar-refractivity contribution in [3.63, 3.8) is 0 Å². The van der Waals surface area contributed by atoms with Crippen molar-refractivity contribution in [1.82, 2.24) is 14.5 Å². The van der Waals surface area contributed by atoms with Crippen LogP contribution in [0.3, 0.4) is 0 Å². The summed E-state index contributed by atoms with van der Waals surface area (Å²) < 4.78 is 47.8. The number of aliphatic hydroxyl groups is 2. The molecule has 5 N–H and O–H groups in total. The highest BCUT2D eigenvalue weighted by atomic mass is 19.1. The lowest BCUT2D eigenvalue weighted by molar-refractivity contribution is -0.0503. The standard InChI is InChI=1S/C14H13F3N4O4/c15-3-1-2-14(17)9(23)7(5-22)25-12(14)21-4-6(16)8-10(21)19-13(18)20-11(8)24/h4,7,9,12,22-23H,3,5H2,(H3,18,19,20,24)/t7-,9+,12-,14?/m1/s1. The first-order valence-corrected chi connectivity index (χ1v) is 7.08. The molecule has 3 rings (SSSR count). The van der Waals surface area contributed by atoms with Crippen molar-refractivity contribution in [2.24, 2.45) is 0 Å². The topological polar surface area (TPSA) is 126 Å². The van der Waals surface area contributed by atoms with Crippen LogP contribution in [0.15, 0.2) is 11.0 Å². The number of halogens is 3. The maximum absolute atomic E-state index is 15.3. The van der Waals surface area contributed by atoms with Gasteiger partial charge in [-0.1, -0.05) is 11.8 Å². The Balaban J connectivity index is 2.23. The molecule has 0 radical (unpaired) electrons. The van der Waals surface area contributed by atoms with E-state index in [2.05, 4.69) is 9.97 Å². The van der Waals surface area contributed by atoms with Crippen molar-refractivity contribution in [3.05, 3.63) is 22.4 Å². The SMILES string of the molecule is Nc1nc2c(c(F)cn2[C@@H]2O[C@H](CO)[C@H](O)C2(F)C#CCF)c(=O)[nH]1. The Morgan fingerprint density at radius 1 is 1.56 bits per heavy atom. The fourth-order valence-corrected chi connectivity index (χ4v) is 2.78. The van der Waals surface area contributed by atoms with Gasteiger partial charge in [0.1, 0.15) is 24.3 Å². The van der Waals surface area contributed by atoms with Crippen LogP contribution in [0.1, 0.15) is 6.23 Å². The van der Waals surface area contributed by atoms with Gasteiger partial charge in [-0.05, 0) is 0 Å². The smallest absolute Gasteiger partial charge is 0.264 e. The number of ether oxygens (including phenoxy) is 1. The zero-order valence-electron chi connectivity index (χ0n) is 12.5. The summed E-state index contributed by atoms with van der Waals surface area (Å²) >= 11 is 0. The minimum absolute atomic E-state index is 0.349. The van der Waals surface area contributed by atoms with E-state index in [1.54, 1.807) is 0 Å². The molecule has 0 amide bonds. The van der Waals surface area contributed by atoms with Crippen molar-refractivity contribution in [2.75, 3.05) is 19.0 Å². The Kier molecular flexibility index (Phi) is 4.19. The van der Waals surface area contributed by atoms with Gasteiger partial charge in [0.05, 0.1) is 6.61 Å². The van der Waals surface area contributed by atoms with E-state index < -0.39 is 54.1 Å². The van der Waals surface area contributed by atoms with Gasteiger partial charge in [0.2, 0.25) is 11.6 Å². The number of aliphatic hydroxyl groups excluding tert-OH is 2. The maximum atomic E-state index is 15.3. The molecule has 2 aromatic heterocycles. The summed E-state index contributed by atoms with van der Waals surface area (Å²) in [7, 11) is 0. The van der Waals surface area contributed by atoms with Crippen LogP contribution in [0.25, 0.3) is 11.0 Å². The molecule has 8 nitrogen and oxygen atoms in total. The van der Waals surface area contributed by atoms with Gasteiger partial charge in [-0.25, -0.2) is 13.2 Å². The predicted molar refractivity (Wildman–Crippen MR) is 79.3 cm³/mol. The van der Waals surface area contributed by atoms with Crippen LogP contribution in [-0.2, 0) is 4.74 Å². The molecule has 11 heteroatoms. The highest BCUT2D eigenvalue weighted by molar-refractivity contribution is 5.77. The number of H-pyrrole nitrogens is 1. The Morgan fingerprint density at radius 3 is 2.92 bits per heavy atom. The first kappa shape index (κ1) is 17.3. The van der Waals surface area contributed by atoms with Crippen molar-refractivity contribution in [2.45, 2.75) is 24.1 Å². The number of nitrogens with one attached hydrogen (secondary N) is 1. The van der Waals surface area contributed by atoms with Crippen LogP contribution in [-0.4, -0.2) is 55.9 Å². The average Bonchev–Trinajstić information content (AvgIpc) is 3.01. The quantitative estimate of drug-likeness (QED) is 0.530. The van der Waals surface area contributed by atoms with E-state index >= 15 is 4.39 Å². The number of nitrogens with zero attached hydrogens (tertiary/aromatic N) is 2. The van der Waals surface area contributed by atoms with Crippen LogP contribution >= 0.6 is 0 Å². The second kappa shape index (κ2) is 6.07. The fraction of sp³-hybridized carbons (Fsp3) is 0.429. The van der Waals surface area contributed by atoms with Crippen LogP contribution in [0, 0.1) is 17.7 Å². The minimum atomic E-state index is -2.88. The number of nitrogens with two attached hydrogens (primary N) is 1. The molecule has 0 aromatic carbocycles. The second-order valence-electron chi connectivity index (χ2n) is 5.39. The molecule has 1 unspecified atom stereocenters. The number of rotatable bonds is 2. The third kappa shape index (κ3) is 2.55. The molecule has 0 aliphatic carbocycles. The third-order valence-electron chi connectivity index (χ3n) is 3.88. The summed E-state index contributed by atoms with van der Waals surface area (Å²) in [4.78, 5) is 17.7. The van der Waals surface area contributed by atoms with Gasteiger partial charge in [0.15, 0.2) is 17.7 Å². The first-order chi connectivity index (χ1) is 11.8. The summed E-state index contributed by atoms with van der Waals surface area (Å²) in [5.74, 6) is 2.37.